The predicted molar refractivity (Wildman–Crippen MR) is 88.5 cm³/mol. The van der Waals surface area contributed by atoms with Gasteiger partial charge < -0.3 is 10.6 Å². The average Bonchev–Trinajstić information content (AvgIpc) is 3.24. The fraction of sp³-hybridized carbons (Fsp3) is 0.571. The van der Waals surface area contributed by atoms with E-state index < -0.39 is 0 Å². The molecule has 0 aromatic carbocycles. The van der Waals surface area contributed by atoms with Crippen molar-refractivity contribution in [2.24, 2.45) is 0 Å². The largest absolute Gasteiger partial charge is 0.369 e. The van der Waals surface area contributed by atoms with Gasteiger partial charge in [0.15, 0.2) is 0 Å². The van der Waals surface area contributed by atoms with Crippen molar-refractivity contribution in [3.05, 3.63) is 22.3 Å². The molecule has 1 saturated carbocycles. The van der Waals surface area contributed by atoms with Gasteiger partial charge in [-0.3, -0.25) is 4.79 Å². The van der Waals surface area contributed by atoms with Gasteiger partial charge in [0.05, 0.1) is 5.56 Å². The predicted octanol–water partition coefficient (Wildman–Crippen LogP) is 3.29. The van der Waals surface area contributed by atoms with E-state index in [9.17, 15) is 4.79 Å². The van der Waals surface area contributed by atoms with Crippen molar-refractivity contribution >= 4 is 39.4 Å². The third-order valence-electron chi connectivity index (χ3n) is 3.45. The van der Waals surface area contributed by atoms with Crippen molar-refractivity contribution in [3.63, 3.8) is 0 Å². The second kappa shape index (κ2) is 6.80. The van der Waals surface area contributed by atoms with E-state index >= 15 is 0 Å². The number of aromatic nitrogens is 1. The standard InChI is InChI=1S/C14H20BrN3OS/c1-3-6-16-12-11(7-10(15)8-17-12)13(19)18-9-14(20-2)4-5-14/h7-8H,3-6,9H2,1-2H3,(H,16,17)(H,18,19). The Hall–Kier alpha value is -0.750. The van der Waals surface area contributed by atoms with E-state index in [0.29, 0.717) is 11.4 Å². The Bertz CT molecular complexity index is 491. The summed E-state index contributed by atoms with van der Waals surface area (Å²) in [7, 11) is 0. The molecule has 1 aromatic heterocycles. The third-order valence-corrected chi connectivity index (χ3v) is 5.31. The fourth-order valence-corrected chi connectivity index (χ4v) is 2.98. The molecular formula is C14H20BrN3OS. The van der Waals surface area contributed by atoms with Crippen molar-refractivity contribution in [1.29, 1.82) is 0 Å². The maximum Gasteiger partial charge on any atom is 0.255 e. The van der Waals surface area contributed by atoms with Crippen molar-refractivity contribution in [1.82, 2.24) is 10.3 Å². The Kier molecular flexibility index (Phi) is 5.32. The molecule has 1 fully saturated rings. The molecule has 1 amide bonds. The molecule has 20 heavy (non-hydrogen) atoms. The number of thioether (sulfide) groups is 1. The lowest BCUT2D eigenvalue weighted by atomic mass is 10.2. The molecule has 6 heteroatoms. The molecule has 1 aromatic rings. The molecule has 0 unspecified atom stereocenters. The highest BCUT2D eigenvalue weighted by atomic mass is 79.9. The van der Waals surface area contributed by atoms with Gasteiger partial charge in [-0.05, 0) is 47.5 Å². The molecule has 1 aliphatic carbocycles. The summed E-state index contributed by atoms with van der Waals surface area (Å²) < 4.78 is 1.09. The van der Waals surface area contributed by atoms with Crippen LogP contribution in [0.4, 0.5) is 5.82 Å². The van der Waals surface area contributed by atoms with Crippen LogP contribution in [0.5, 0.6) is 0 Å². The molecule has 0 bridgehead atoms. The lowest BCUT2D eigenvalue weighted by molar-refractivity contribution is 0.0953. The molecule has 0 saturated heterocycles. The van der Waals surface area contributed by atoms with Gasteiger partial charge in [-0.15, -0.1) is 0 Å². The molecule has 0 atom stereocenters. The molecule has 0 spiro atoms. The van der Waals surface area contributed by atoms with E-state index in [0.717, 1.165) is 24.0 Å². The minimum absolute atomic E-state index is 0.0577. The van der Waals surface area contributed by atoms with Gasteiger partial charge in [0.1, 0.15) is 5.82 Å². The topological polar surface area (TPSA) is 54.0 Å². The molecular weight excluding hydrogens is 338 g/mol. The molecule has 1 heterocycles. The van der Waals surface area contributed by atoms with E-state index in [4.69, 9.17) is 0 Å². The lowest BCUT2D eigenvalue weighted by Crippen LogP contribution is -2.32. The first-order chi connectivity index (χ1) is 9.60. The van der Waals surface area contributed by atoms with Gasteiger partial charge in [0.25, 0.3) is 5.91 Å². The number of rotatable bonds is 7. The Labute approximate surface area is 132 Å². The van der Waals surface area contributed by atoms with Gasteiger partial charge in [-0.2, -0.15) is 11.8 Å². The Balaban J connectivity index is 2.05. The Morgan fingerprint density at radius 3 is 2.90 bits per heavy atom. The maximum atomic E-state index is 12.4. The first-order valence-electron chi connectivity index (χ1n) is 6.83. The van der Waals surface area contributed by atoms with Crippen molar-refractivity contribution in [2.45, 2.75) is 30.9 Å². The fourth-order valence-electron chi connectivity index (χ4n) is 1.93. The van der Waals surface area contributed by atoms with Gasteiger partial charge in [-0.25, -0.2) is 4.98 Å². The minimum atomic E-state index is -0.0577. The second-order valence-electron chi connectivity index (χ2n) is 5.05. The number of carbonyl (C=O) groups excluding carboxylic acids is 1. The normalized spacial score (nSPS) is 15.8. The van der Waals surface area contributed by atoms with Gasteiger partial charge in [-0.1, -0.05) is 6.92 Å². The number of halogens is 1. The molecule has 110 valence electrons. The Morgan fingerprint density at radius 2 is 2.30 bits per heavy atom. The number of hydrogen-bond acceptors (Lipinski definition) is 4. The average molecular weight is 358 g/mol. The SMILES string of the molecule is CCCNc1ncc(Br)cc1C(=O)NCC1(SC)CC1. The second-order valence-corrected chi connectivity index (χ2v) is 7.24. The molecule has 1 aliphatic rings. The lowest BCUT2D eigenvalue weighted by Gasteiger charge is -2.15. The Morgan fingerprint density at radius 1 is 1.55 bits per heavy atom. The number of anilines is 1. The summed E-state index contributed by atoms with van der Waals surface area (Å²) in [5, 5.41) is 6.24. The van der Waals surface area contributed by atoms with E-state index in [-0.39, 0.29) is 10.7 Å². The van der Waals surface area contributed by atoms with E-state index in [1.807, 2.05) is 17.8 Å². The van der Waals surface area contributed by atoms with E-state index in [1.54, 1.807) is 6.20 Å². The number of hydrogen-bond donors (Lipinski definition) is 2. The van der Waals surface area contributed by atoms with Crippen LogP contribution in [0, 0.1) is 0 Å². The van der Waals surface area contributed by atoms with Crippen LogP contribution < -0.4 is 10.6 Å². The number of nitrogens with zero attached hydrogens (tertiary/aromatic N) is 1. The molecule has 0 aliphatic heterocycles. The van der Waals surface area contributed by atoms with Crippen LogP contribution in [0.15, 0.2) is 16.7 Å². The van der Waals surface area contributed by atoms with Crippen LogP contribution in [0.1, 0.15) is 36.5 Å². The highest BCUT2D eigenvalue weighted by Gasteiger charge is 2.42. The third kappa shape index (κ3) is 3.88. The van der Waals surface area contributed by atoms with Crippen LogP contribution in [-0.2, 0) is 0 Å². The van der Waals surface area contributed by atoms with Gasteiger partial charge in [0, 0.05) is 28.5 Å². The number of amides is 1. The van der Waals surface area contributed by atoms with Crippen molar-refractivity contribution < 1.29 is 4.79 Å². The zero-order valence-corrected chi connectivity index (χ0v) is 14.2. The smallest absolute Gasteiger partial charge is 0.255 e. The van der Waals surface area contributed by atoms with Crippen molar-refractivity contribution in [2.75, 3.05) is 24.7 Å². The molecule has 0 radical (unpaired) electrons. The van der Waals surface area contributed by atoms with Crippen LogP contribution in [0.3, 0.4) is 0 Å². The molecule has 2 rings (SSSR count). The van der Waals surface area contributed by atoms with Crippen LogP contribution >= 0.6 is 27.7 Å². The highest BCUT2D eigenvalue weighted by molar-refractivity contribution is 9.10. The zero-order chi connectivity index (χ0) is 14.6. The van der Waals surface area contributed by atoms with Gasteiger partial charge >= 0.3 is 0 Å². The number of nitrogens with one attached hydrogen (secondary N) is 2. The summed E-state index contributed by atoms with van der Waals surface area (Å²) in [5.41, 5.74) is 0.602. The van der Waals surface area contributed by atoms with Crippen LogP contribution in [-0.4, -0.2) is 35.0 Å². The zero-order valence-electron chi connectivity index (χ0n) is 11.8. The van der Waals surface area contributed by atoms with Crippen LogP contribution in [0.25, 0.3) is 0 Å². The molecule has 4 nitrogen and oxygen atoms in total. The summed E-state index contributed by atoms with van der Waals surface area (Å²) in [6.07, 6.45) is 7.18. The quantitative estimate of drug-likeness (QED) is 0.785. The maximum absolute atomic E-state index is 12.4. The van der Waals surface area contributed by atoms with Crippen molar-refractivity contribution in [3.8, 4) is 0 Å². The molecule has 2 N–H and O–H groups in total. The number of pyridine rings is 1. The van der Waals surface area contributed by atoms with E-state index in [2.05, 4.69) is 44.7 Å². The summed E-state index contributed by atoms with van der Waals surface area (Å²) in [4.78, 5) is 16.6. The number of carbonyl (C=O) groups is 1. The summed E-state index contributed by atoms with van der Waals surface area (Å²) in [5.74, 6) is 0.597. The van der Waals surface area contributed by atoms with Gasteiger partial charge in [0.2, 0.25) is 0 Å². The van der Waals surface area contributed by atoms with E-state index in [1.165, 1.54) is 12.8 Å². The highest BCUT2D eigenvalue weighted by Crippen LogP contribution is 2.46. The minimum Gasteiger partial charge on any atom is -0.369 e. The summed E-state index contributed by atoms with van der Waals surface area (Å²) >= 11 is 5.22. The first kappa shape index (κ1) is 15.6. The monoisotopic (exact) mass is 357 g/mol. The summed E-state index contributed by atoms with van der Waals surface area (Å²) in [6, 6.07) is 1.82. The van der Waals surface area contributed by atoms with Crippen LogP contribution in [0.2, 0.25) is 0 Å². The summed E-state index contributed by atoms with van der Waals surface area (Å²) in [6.45, 7) is 3.62. The first-order valence-corrected chi connectivity index (χ1v) is 8.85.